The van der Waals surface area contributed by atoms with Gasteiger partial charge in [-0.1, -0.05) is 6.07 Å². The fourth-order valence-corrected chi connectivity index (χ4v) is 1.75. The van der Waals surface area contributed by atoms with Gasteiger partial charge in [0.1, 0.15) is 12.0 Å². The largest absolute Gasteiger partial charge is 0.476 e. The molecule has 0 aliphatic heterocycles. The molecule has 0 spiro atoms. The van der Waals surface area contributed by atoms with Crippen LogP contribution >= 0.6 is 0 Å². The maximum atomic E-state index is 10.7. The van der Waals surface area contributed by atoms with Crippen LogP contribution in [0.25, 0.3) is 11.4 Å². The Morgan fingerprint density at radius 3 is 2.67 bits per heavy atom. The number of rotatable bonds is 4. The van der Waals surface area contributed by atoms with Crippen LogP contribution in [0.4, 0.5) is 0 Å². The Hall–Kier alpha value is -3.09. The minimum atomic E-state index is -1.12. The van der Waals surface area contributed by atoms with Crippen molar-refractivity contribution in [1.82, 2.24) is 20.2 Å². The second-order valence-corrected chi connectivity index (χ2v) is 4.23. The minimum Gasteiger partial charge on any atom is -0.476 e. The summed E-state index contributed by atoms with van der Waals surface area (Å²) in [5, 5.41) is 16.9. The smallest absolute Gasteiger partial charge is 0.357 e. The van der Waals surface area contributed by atoms with Gasteiger partial charge in [-0.2, -0.15) is 5.10 Å². The third-order valence-corrected chi connectivity index (χ3v) is 2.75. The number of oxazole rings is 1. The Bertz CT molecular complexity index is 753. The summed E-state index contributed by atoms with van der Waals surface area (Å²) in [5.74, 6) is -0.839. The average Bonchev–Trinajstić information content (AvgIpc) is 2.98. The molecule has 0 saturated carbocycles. The lowest BCUT2D eigenvalue weighted by Gasteiger charge is -2.00. The predicted octanol–water partition coefficient (Wildman–Crippen LogP) is 1.82. The van der Waals surface area contributed by atoms with Gasteiger partial charge in [0, 0.05) is 6.20 Å². The third-order valence-electron chi connectivity index (χ3n) is 2.75. The van der Waals surface area contributed by atoms with E-state index < -0.39 is 5.97 Å². The lowest BCUT2D eigenvalue weighted by atomic mass is 10.2. The number of hydrogen-bond donors (Lipinski definition) is 1. The van der Waals surface area contributed by atoms with Crippen molar-refractivity contribution in [2.75, 3.05) is 0 Å². The van der Waals surface area contributed by atoms with Crippen molar-refractivity contribution >= 4 is 5.97 Å². The van der Waals surface area contributed by atoms with Crippen LogP contribution in [0, 0.1) is 0 Å². The van der Waals surface area contributed by atoms with Crippen molar-refractivity contribution in [1.29, 1.82) is 0 Å². The van der Waals surface area contributed by atoms with Gasteiger partial charge in [0.15, 0.2) is 5.69 Å². The van der Waals surface area contributed by atoms with Crippen molar-refractivity contribution in [3.05, 3.63) is 60.1 Å². The topological polar surface area (TPSA) is 102 Å². The molecule has 104 valence electrons. The zero-order valence-electron chi connectivity index (χ0n) is 10.8. The first-order valence-electron chi connectivity index (χ1n) is 6.14. The fourth-order valence-electron chi connectivity index (χ4n) is 1.75. The highest BCUT2D eigenvalue weighted by Crippen LogP contribution is 2.13. The second kappa shape index (κ2) is 5.49. The molecule has 7 heteroatoms. The van der Waals surface area contributed by atoms with Gasteiger partial charge in [0.05, 0.1) is 17.8 Å². The van der Waals surface area contributed by atoms with Crippen molar-refractivity contribution in [3.63, 3.8) is 0 Å². The SMILES string of the molecule is O=C(O)c1coc(Cc2ccc(-c3ccccn3)nn2)n1. The lowest BCUT2D eigenvalue weighted by Crippen LogP contribution is -1.99. The summed E-state index contributed by atoms with van der Waals surface area (Å²) in [6.45, 7) is 0. The highest BCUT2D eigenvalue weighted by Gasteiger charge is 2.11. The molecule has 0 aliphatic rings. The molecule has 3 rings (SSSR count). The van der Waals surface area contributed by atoms with Gasteiger partial charge in [0.2, 0.25) is 5.89 Å². The molecule has 0 radical (unpaired) electrons. The van der Waals surface area contributed by atoms with Crippen molar-refractivity contribution in [3.8, 4) is 11.4 Å². The van der Waals surface area contributed by atoms with E-state index in [0.717, 1.165) is 12.0 Å². The second-order valence-electron chi connectivity index (χ2n) is 4.23. The molecule has 0 unspecified atom stereocenters. The van der Waals surface area contributed by atoms with Crippen LogP contribution in [0.5, 0.6) is 0 Å². The maximum Gasteiger partial charge on any atom is 0.357 e. The van der Waals surface area contributed by atoms with E-state index in [1.807, 2.05) is 18.2 Å². The highest BCUT2D eigenvalue weighted by molar-refractivity contribution is 5.84. The van der Waals surface area contributed by atoms with E-state index in [1.165, 1.54) is 0 Å². The standard InChI is InChI=1S/C14H10N4O3/c19-14(20)12-8-21-13(16-12)7-9-4-5-11(18-17-9)10-3-1-2-6-15-10/h1-6,8H,7H2,(H,19,20). The zero-order chi connectivity index (χ0) is 14.7. The Morgan fingerprint density at radius 2 is 2.05 bits per heavy atom. The van der Waals surface area contributed by atoms with Gasteiger partial charge in [0.25, 0.3) is 0 Å². The monoisotopic (exact) mass is 282 g/mol. The predicted molar refractivity (Wildman–Crippen MR) is 71.5 cm³/mol. The average molecular weight is 282 g/mol. The number of nitrogens with zero attached hydrogens (tertiary/aromatic N) is 4. The van der Waals surface area contributed by atoms with Crippen LogP contribution in [-0.4, -0.2) is 31.2 Å². The summed E-state index contributed by atoms with van der Waals surface area (Å²) in [7, 11) is 0. The van der Waals surface area contributed by atoms with Crippen LogP contribution in [-0.2, 0) is 6.42 Å². The number of hydrogen-bond acceptors (Lipinski definition) is 6. The van der Waals surface area contributed by atoms with Gasteiger partial charge < -0.3 is 9.52 Å². The Kier molecular flexibility index (Phi) is 3.38. The number of pyridine rings is 1. The summed E-state index contributed by atoms with van der Waals surface area (Å²) in [6.07, 6.45) is 3.07. The van der Waals surface area contributed by atoms with E-state index in [9.17, 15) is 4.79 Å². The maximum absolute atomic E-state index is 10.7. The number of aromatic nitrogens is 4. The van der Waals surface area contributed by atoms with Crippen molar-refractivity contribution in [2.24, 2.45) is 0 Å². The molecule has 0 amide bonds. The third kappa shape index (κ3) is 2.92. The highest BCUT2D eigenvalue weighted by atomic mass is 16.4. The molecule has 0 atom stereocenters. The normalized spacial score (nSPS) is 10.5. The van der Waals surface area contributed by atoms with E-state index in [0.29, 0.717) is 11.4 Å². The van der Waals surface area contributed by atoms with E-state index >= 15 is 0 Å². The zero-order valence-corrected chi connectivity index (χ0v) is 10.8. The van der Waals surface area contributed by atoms with E-state index in [-0.39, 0.29) is 18.0 Å². The molecule has 3 aromatic heterocycles. The van der Waals surface area contributed by atoms with Gasteiger partial charge in [-0.05, 0) is 24.3 Å². The number of carboxylic acids is 1. The van der Waals surface area contributed by atoms with Crippen molar-refractivity contribution < 1.29 is 14.3 Å². The van der Waals surface area contributed by atoms with Gasteiger partial charge >= 0.3 is 5.97 Å². The number of carbonyl (C=O) groups is 1. The first-order chi connectivity index (χ1) is 10.2. The number of aromatic carboxylic acids is 1. The molecular formula is C14H10N4O3. The Labute approximate surface area is 119 Å². The molecule has 0 aliphatic carbocycles. The van der Waals surface area contributed by atoms with E-state index in [2.05, 4.69) is 20.2 Å². The minimum absolute atomic E-state index is 0.122. The van der Waals surface area contributed by atoms with E-state index in [4.69, 9.17) is 9.52 Å². The molecule has 3 heterocycles. The molecule has 3 aromatic rings. The first kappa shape index (κ1) is 12.9. The molecule has 0 bridgehead atoms. The fraction of sp³-hybridized carbons (Fsp3) is 0.0714. The molecular weight excluding hydrogens is 272 g/mol. The summed E-state index contributed by atoms with van der Waals surface area (Å²) in [6, 6.07) is 9.12. The van der Waals surface area contributed by atoms with E-state index in [1.54, 1.807) is 18.3 Å². The quantitative estimate of drug-likeness (QED) is 0.778. The summed E-state index contributed by atoms with van der Waals surface area (Å²) in [4.78, 5) is 18.7. The summed E-state index contributed by atoms with van der Waals surface area (Å²) in [5.41, 5.74) is 1.91. The van der Waals surface area contributed by atoms with Gasteiger partial charge in [-0.25, -0.2) is 9.78 Å². The van der Waals surface area contributed by atoms with Crippen LogP contribution in [0.15, 0.2) is 47.2 Å². The number of carboxylic acid groups (broad SMARTS) is 1. The summed E-state index contributed by atoms with van der Waals surface area (Å²) >= 11 is 0. The van der Waals surface area contributed by atoms with Crippen LogP contribution in [0.3, 0.4) is 0 Å². The first-order valence-corrected chi connectivity index (χ1v) is 6.14. The summed E-state index contributed by atoms with van der Waals surface area (Å²) < 4.78 is 5.07. The molecule has 7 nitrogen and oxygen atoms in total. The van der Waals surface area contributed by atoms with Gasteiger partial charge in [-0.15, -0.1) is 5.10 Å². The Balaban J connectivity index is 1.76. The van der Waals surface area contributed by atoms with Crippen LogP contribution in [0.2, 0.25) is 0 Å². The molecule has 0 aromatic carbocycles. The lowest BCUT2D eigenvalue weighted by molar-refractivity contribution is 0.0690. The van der Waals surface area contributed by atoms with Crippen LogP contribution < -0.4 is 0 Å². The van der Waals surface area contributed by atoms with Gasteiger partial charge in [-0.3, -0.25) is 4.98 Å². The molecule has 0 fully saturated rings. The van der Waals surface area contributed by atoms with Crippen LogP contribution in [0.1, 0.15) is 22.1 Å². The molecule has 1 N–H and O–H groups in total. The Morgan fingerprint density at radius 1 is 1.14 bits per heavy atom. The van der Waals surface area contributed by atoms with Crippen molar-refractivity contribution in [2.45, 2.75) is 6.42 Å². The molecule has 21 heavy (non-hydrogen) atoms. The molecule has 0 saturated heterocycles.